The molecule has 1 heterocycles. The van der Waals surface area contributed by atoms with Gasteiger partial charge in [0.1, 0.15) is 12.0 Å². The van der Waals surface area contributed by atoms with E-state index in [2.05, 4.69) is 4.74 Å². The monoisotopic (exact) mass is 230 g/mol. The first-order valence-corrected chi connectivity index (χ1v) is 5.37. The van der Waals surface area contributed by atoms with Crippen LogP contribution in [0.25, 0.3) is 0 Å². The quantitative estimate of drug-likeness (QED) is 0.514. The van der Waals surface area contributed by atoms with Gasteiger partial charge in [-0.1, -0.05) is 0 Å². The standard InChI is InChI=1S/C11H18O5/c1-14-8-11(5-3-4-6-16-11)9(12)7-10(13)15-2/h3-8H2,1-2H3. The lowest BCUT2D eigenvalue weighted by molar-refractivity contribution is -0.164. The van der Waals surface area contributed by atoms with Crippen molar-refractivity contribution in [2.45, 2.75) is 31.3 Å². The summed E-state index contributed by atoms with van der Waals surface area (Å²) in [5.74, 6) is -0.782. The fourth-order valence-electron chi connectivity index (χ4n) is 1.86. The van der Waals surface area contributed by atoms with Crippen LogP contribution in [0.5, 0.6) is 0 Å². The zero-order valence-corrected chi connectivity index (χ0v) is 9.78. The van der Waals surface area contributed by atoms with E-state index in [4.69, 9.17) is 9.47 Å². The maximum Gasteiger partial charge on any atom is 0.313 e. The van der Waals surface area contributed by atoms with Gasteiger partial charge in [0.05, 0.1) is 13.7 Å². The van der Waals surface area contributed by atoms with Crippen LogP contribution in [-0.4, -0.2) is 44.8 Å². The minimum atomic E-state index is -0.943. The van der Waals surface area contributed by atoms with Crippen LogP contribution in [0, 0.1) is 0 Å². The smallest absolute Gasteiger partial charge is 0.313 e. The second kappa shape index (κ2) is 5.96. The van der Waals surface area contributed by atoms with E-state index in [1.165, 1.54) is 14.2 Å². The van der Waals surface area contributed by atoms with Crippen LogP contribution in [0.4, 0.5) is 0 Å². The fourth-order valence-corrected chi connectivity index (χ4v) is 1.86. The largest absolute Gasteiger partial charge is 0.469 e. The molecule has 5 nitrogen and oxygen atoms in total. The van der Waals surface area contributed by atoms with Gasteiger partial charge in [0.2, 0.25) is 0 Å². The van der Waals surface area contributed by atoms with Gasteiger partial charge in [0.15, 0.2) is 5.78 Å². The second-order valence-corrected chi connectivity index (χ2v) is 3.91. The predicted molar refractivity (Wildman–Crippen MR) is 56.1 cm³/mol. The molecule has 0 spiro atoms. The highest BCUT2D eigenvalue weighted by molar-refractivity contribution is 6.00. The summed E-state index contributed by atoms with van der Waals surface area (Å²) in [6, 6.07) is 0. The topological polar surface area (TPSA) is 61.8 Å². The molecule has 16 heavy (non-hydrogen) atoms. The first-order chi connectivity index (χ1) is 7.64. The maximum atomic E-state index is 12.0. The van der Waals surface area contributed by atoms with E-state index in [0.29, 0.717) is 13.0 Å². The van der Waals surface area contributed by atoms with Crippen molar-refractivity contribution in [1.82, 2.24) is 0 Å². The van der Waals surface area contributed by atoms with Crippen molar-refractivity contribution in [3.63, 3.8) is 0 Å². The number of carbonyl (C=O) groups excluding carboxylic acids is 2. The van der Waals surface area contributed by atoms with Crippen molar-refractivity contribution in [3.05, 3.63) is 0 Å². The van der Waals surface area contributed by atoms with E-state index in [1.807, 2.05) is 0 Å². The number of hydrogen-bond acceptors (Lipinski definition) is 5. The number of methoxy groups -OCH3 is 2. The third-order valence-electron chi connectivity index (χ3n) is 2.77. The Kier molecular flexibility index (Phi) is 4.89. The zero-order valence-electron chi connectivity index (χ0n) is 9.78. The van der Waals surface area contributed by atoms with Crippen LogP contribution in [0.2, 0.25) is 0 Å². The first-order valence-electron chi connectivity index (χ1n) is 5.37. The molecule has 0 aromatic rings. The Balaban J connectivity index is 2.67. The van der Waals surface area contributed by atoms with Crippen LogP contribution in [0.1, 0.15) is 25.7 Å². The van der Waals surface area contributed by atoms with Crippen molar-refractivity contribution >= 4 is 11.8 Å². The van der Waals surface area contributed by atoms with Gasteiger partial charge < -0.3 is 14.2 Å². The van der Waals surface area contributed by atoms with Crippen molar-refractivity contribution in [1.29, 1.82) is 0 Å². The third kappa shape index (κ3) is 3.02. The van der Waals surface area contributed by atoms with Crippen molar-refractivity contribution in [2.75, 3.05) is 27.4 Å². The number of esters is 1. The number of ketones is 1. The lowest BCUT2D eigenvalue weighted by atomic mass is 9.88. The zero-order chi connectivity index (χ0) is 12.0. The molecule has 0 radical (unpaired) electrons. The summed E-state index contributed by atoms with van der Waals surface area (Å²) in [6.45, 7) is 0.735. The van der Waals surface area contributed by atoms with Gasteiger partial charge in [0, 0.05) is 13.7 Å². The second-order valence-electron chi connectivity index (χ2n) is 3.91. The van der Waals surface area contributed by atoms with Gasteiger partial charge in [-0.3, -0.25) is 9.59 Å². The van der Waals surface area contributed by atoms with Crippen LogP contribution in [0.3, 0.4) is 0 Å². The molecule has 0 aromatic carbocycles. The maximum absolute atomic E-state index is 12.0. The Hall–Kier alpha value is -0.940. The van der Waals surface area contributed by atoms with Gasteiger partial charge >= 0.3 is 5.97 Å². The Labute approximate surface area is 95.0 Å². The average molecular weight is 230 g/mol. The molecule has 5 heteroatoms. The van der Waals surface area contributed by atoms with Crippen LogP contribution < -0.4 is 0 Å². The molecular formula is C11H18O5. The minimum Gasteiger partial charge on any atom is -0.469 e. The van der Waals surface area contributed by atoms with Gasteiger partial charge in [-0.15, -0.1) is 0 Å². The lowest BCUT2D eigenvalue weighted by Gasteiger charge is -2.35. The van der Waals surface area contributed by atoms with Crippen molar-refractivity contribution in [2.24, 2.45) is 0 Å². The molecule has 0 N–H and O–H groups in total. The molecule has 1 saturated heterocycles. The molecule has 0 bridgehead atoms. The van der Waals surface area contributed by atoms with Gasteiger partial charge in [0.25, 0.3) is 0 Å². The number of Topliss-reactive ketones (excluding diaryl/α,β-unsaturated/α-hetero) is 1. The molecule has 0 aromatic heterocycles. The lowest BCUT2D eigenvalue weighted by Crippen LogP contribution is -2.48. The van der Waals surface area contributed by atoms with E-state index in [-0.39, 0.29) is 18.8 Å². The average Bonchev–Trinajstić information content (AvgIpc) is 2.30. The summed E-state index contributed by atoms with van der Waals surface area (Å²) >= 11 is 0. The SMILES string of the molecule is COCC1(C(=O)CC(=O)OC)CCCCO1. The predicted octanol–water partition coefficient (Wildman–Crippen LogP) is 0.704. The molecule has 1 aliphatic rings. The summed E-state index contributed by atoms with van der Waals surface area (Å²) in [4.78, 5) is 23.0. The van der Waals surface area contributed by atoms with E-state index >= 15 is 0 Å². The number of hydrogen-bond donors (Lipinski definition) is 0. The number of ether oxygens (including phenoxy) is 3. The molecule has 1 unspecified atom stereocenters. The molecule has 1 aliphatic heterocycles. The Morgan fingerprint density at radius 2 is 2.06 bits per heavy atom. The van der Waals surface area contributed by atoms with E-state index < -0.39 is 11.6 Å². The highest BCUT2D eigenvalue weighted by Crippen LogP contribution is 2.27. The Bertz CT molecular complexity index is 250. The van der Waals surface area contributed by atoms with E-state index in [9.17, 15) is 9.59 Å². The fraction of sp³-hybridized carbons (Fsp3) is 0.818. The molecular weight excluding hydrogens is 212 g/mol. The molecule has 1 atom stereocenters. The van der Waals surface area contributed by atoms with Gasteiger partial charge in [-0.25, -0.2) is 0 Å². The van der Waals surface area contributed by atoms with Gasteiger partial charge in [-0.05, 0) is 19.3 Å². The molecule has 92 valence electrons. The van der Waals surface area contributed by atoms with Crippen LogP contribution in [-0.2, 0) is 23.8 Å². The summed E-state index contributed by atoms with van der Waals surface area (Å²) in [5, 5.41) is 0. The van der Waals surface area contributed by atoms with Crippen molar-refractivity contribution in [3.8, 4) is 0 Å². The Morgan fingerprint density at radius 1 is 1.31 bits per heavy atom. The summed E-state index contributed by atoms with van der Waals surface area (Å²) in [5.41, 5.74) is -0.943. The van der Waals surface area contributed by atoms with Crippen LogP contribution >= 0.6 is 0 Å². The number of rotatable bonds is 5. The summed E-state index contributed by atoms with van der Waals surface area (Å²) in [6.07, 6.45) is 2.21. The summed E-state index contributed by atoms with van der Waals surface area (Å²) in [7, 11) is 2.78. The minimum absolute atomic E-state index is 0.197. The van der Waals surface area contributed by atoms with E-state index in [1.54, 1.807) is 0 Å². The Morgan fingerprint density at radius 3 is 2.56 bits per heavy atom. The summed E-state index contributed by atoms with van der Waals surface area (Å²) < 4.78 is 15.0. The third-order valence-corrected chi connectivity index (χ3v) is 2.77. The van der Waals surface area contributed by atoms with Crippen molar-refractivity contribution < 1.29 is 23.8 Å². The molecule has 0 saturated carbocycles. The molecule has 0 aliphatic carbocycles. The van der Waals surface area contributed by atoms with E-state index in [0.717, 1.165) is 12.8 Å². The molecule has 1 fully saturated rings. The highest BCUT2D eigenvalue weighted by Gasteiger charge is 2.41. The first kappa shape index (κ1) is 13.1. The normalized spacial score (nSPS) is 25.1. The molecule has 1 rings (SSSR count). The van der Waals surface area contributed by atoms with Gasteiger partial charge in [-0.2, -0.15) is 0 Å². The molecule has 0 amide bonds. The highest BCUT2D eigenvalue weighted by atomic mass is 16.5. The van der Waals surface area contributed by atoms with Crippen LogP contribution in [0.15, 0.2) is 0 Å². The number of carbonyl (C=O) groups is 2.